The van der Waals surface area contributed by atoms with Crippen LogP contribution in [0, 0.1) is 10.1 Å². The molecular formula is C22H18BrF3N4O4S. The fourth-order valence-electron chi connectivity index (χ4n) is 3.10. The highest BCUT2D eigenvalue weighted by Gasteiger charge is 2.35. The highest BCUT2D eigenvalue weighted by molar-refractivity contribution is 9.09. The Hall–Kier alpha value is -3.32. The number of carbonyl (C=O) groups excluding carboxylic acids is 1. The van der Waals surface area contributed by atoms with Gasteiger partial charge in [0.25, 0.3) is 5.69 Å². The number of alkyl halides is 4. The van der Waals surface area contributed by atoms with Gasteiger partial charge in [-0.2, -0.15) is 13.2 Å². The number of nitrogens with zero attached hydrogens (tertiary/aromatic N) is 3. The third kappa shape index (κ3) is 6.22. The summed E-state index contributed by atoms with van der Waals surface area (Å²) in [5, 5.41) is 23.0. The Kier molecular flexibility index (Phi) is 8.57. The molecule has 0 radical (unpaired) electrons. The number of thiophene rings is 1. The van der Waals surface area contributed by atoms with Crippen molar-refractivity contribution in [2.45, 2.75) is 13.1 Å². The van der Waals surface area contributed by atoms with Crippen LogP contribution in [-0.4, -0.2) is 29.4 Å². The molecule has 0 saturated carbocycles. The Morgan fingerprint density at radius 3 is 2.51 bits per heavy atom. The Morgan fingerprint density at radius 2 is 1.91 bits per heavy atom. The van der Waals surface area contributed by atoms with E-state index in [0.29, 0.717) is 34.1 Å². The van der Waals surface area contributed by atoms with Crippen LogP contribution >= 0.6 is 27.3 Å². The van der Waals surface area contributed by atoms with E-state index in [1.165, 1.54) is 0 Å². The maximum absolute atomic E-state index is 13.6. The van der Waals surface area contributed by atoms with Crippen LogP contribution in [0.1, 0.15) is 22.8 Å². The number of hydrogen-bond acceptors (Lipinski definition) is 8. The molecule has 0 aliphatic heterocycles. The lowest BCUT2D eigenvalue weighted by Crippen LogP contribution is -2.10. The zero-order chi connectivity index (χ0) is 25.6. The number of esters is 1. The lowest BCUT2D eigenvalue weighted by Gasteiger charge is -2.09. The van der Waals surface area contributed by atoms with Crippen LogP contribution in [0.3, 0.4) is 0 Å². The van der Waals surface area contributed by atoms with Gasteiger partial charge < -0.3 is 10.1 Å². The normalized spacial score (nSPS) is 11.6. The van der Waals surface area contributed by atoms with Crippen molar-refractivity contribution in [1.29, 1.82) is 0 Å². The Morgan fingerprint density at radius 1 is 1.20 bits per heavy atom. The zero-order valence-corrected chi connectivity index (χ0v) is 20.5. The van der Waals surface area contributed by atoms with Gasteiger partial charge >= 0.3 is 12.1 Å². The first-order chi connectivity index (χ1) is 16.7. The maximum Gasteiger partial charge on any atom is 0.418 e. The summed E-state index contributed by atoms with van der Waals surface area (Å²) in [6.07, 6.45) is -4.89. The summed E-state index contributed by atoms with van der Waals surface area (Å²) in [5.74, 6) is -0.618. The number of carbonyl (C=O) groups is 1. The molecule has 0 amide bonds. The van der Waals surface area contributed by atoms with Gasteiger partial charge in [-0.1, -0.05) is 57.6 Å². The van der Waals surface area contributed by atoms with Crippen molar-refractivity contribution in [3.8, 4) is 11.1 Å². The minimum atomic E-state index is -4.89. The van der Waals surface area contributed by atoms with Gasteiger partial charge in [-0.25, -0.2) is 4.79 Å². The first-order valence-corrected chi connectivity index (χ1v) is 12.1. The summed E-state index contributed by atoms with van der Waals surface area (Å²) >= 11 is 4.34. The number of nitro benzene ring substituents is 1. The molecule has 3 rings (SSSR count). The van der Waals surface area contributed by atoms with E-state index in [1.807, 2.05) is 0 Å². The molecule has 0 aliphatic rings. The summed E-state index contributed by atoms with van der Waals surface area (Å²) in [6.45, 7) is 2.24. The third-order valence-electron chi connectivity index (χ3n) is 4.56. The second-order valence-electron chi connectivity index (χ2n) is 6.84. The molecule has 0 bridgehead atoms. The molecule has 3 aromatic rings. The van der Waals surface area contributed by atoms with Gasteiger partial charge in [-0.05, 0) is 18.6 Å². The second kappa shape index (κ2) is 11.4. The van der Waals surface area contributed by atoms with E-state index in [0.717, 1.165) is 23.5 Å². The predicted molar refractivity (Wildman–Crippen MR) is 130 cm³/mol. The largest absolute Gasteiger partial charge is 0.462 e. The standard InChI is InChI=1S/C22H18BrF3N4O4S/c1-2-34-21(31)18-17(13-6-4-3-5-7-13)20(35-19(18)27-11-10-23)29-28-16-9-8-14(30(32)33)12-15(16)22(24,25)26/h3-9,12,27H,2,10-11H2,1H3. The van der Waals surface area contributed by atoms with E-state index in [9.17, 15) is 28.1 Å². The summed E-state index contributed by atoms with van der Waals surface area (Å²) in [7, 11) is 0. The van der Waals surface area contributed by atoms with Crippen molar-refractivity contribution >= 4 is 54.6 Å². The number of hydrogen-bond donors (Lipinski definition) is 1. The number of halogens is 4. The number of rotatable bonds is 9. The SMILES string of the molecule is CCOC(=O)c1c(NCCBr)sc(N=Nc2ccc([N+](=O)[O-])cc2C(F)(F)F)c1-c1ccccc1. The molecule has 0 atom stereocenters. The van der Waals surface area contributed by atoms with Crippen LogP contribution in [0.25, 0.3) is 11.1 Å². The molecule has 2 aromatic carbocycles. The molecule has 0 aliphatic carbocycles. The average molecular weight is 571 g/mol. The Balaban J connectivity index is 2.20. The van der Waals surface area contributed by atoms with Gasteiger partial charge in [0.15, 0.2) is 0 Å². The van der Waals surface area contributed by atoms with Crippen molar-refractivity contribution in [2.24, 2.45) is 10.2 Å². The Labute approximate surface area is 210 Å². The van der Waals surface area contributed by atoms with Gasteiger partial charge in [-0.3, -0.25) is 10.1 Å². The van der Waals surface area contributed by atoms with Crippen LogP contribution < -0.4 is 5.32 Å². The van der Waals surface area contributed by atoms with Crippen LogP contribution in [0.4, 0.5) is 34.5 Å². The van der Waals surface area contributed by atoms with Crippen molar-refractivity contribution in [3.05, 3.63) is 69.8 Å². The van der Waals surface area contributed by atoms with E-state index in [4.69, 9.17) is 4.74 Å². The first-order valence-electron chi connectivity index (χ1n) is 10.1. The van der Waals surface area contributed by atoms with Gasteiger partial charge in [0.2, 0.25) is 0 Å². The number of nitro groups is 1. The molecule has 1 aromatic heterocycles. The lowest BCUT2D eigenvalue weighted by atomic mass is 10.0. The van der Waals surface area contributed by atoms with E-state index in [2.05, 4.69) is 31.5 Å². The van der Waals surface area contributed by atoms with E-state index < -0.39 is 34.0 Å². The molecule has 0 spiro atoms. The molecule has 184 valence electrons. The predicted octanol–water partition coefficient (Wildman–Crippen LogP) is 7.74. The molecule has 0 saturated heterocycles. The Bertz CT molecular complexity index is 1250. The summed E-state index contributed by atoms with van der Waals surface area (Å²) in [6, 6.07) is 10.9. The number of ether oxygens (including phenoxy) is 1. The molecule has 1 N–H and O–H groups in total. The monoisotopic (exact) mass is 570 g/mol. The molecule has 35 heavy (non-hydrogen) atoms. The summed E-state index contributed by atoms with van der Waals surface area (Å²) in [4.78, 5) is 22.9. The van der Waals surface area contributed by atoms with Gasteiger partial charge in [0, 0.05) is 29.6 Å². The van der Waals surface area contributed by atoms with Crippen LogP contribution in [-0.2, 0) is 10.9 Å². The summed E-state index contributed by atoms with van der Waals surface area (Å²) < 4.78 is 45.9. The average Bonchev–Trinajstić information content (AvgIpc) is 3.19. The smallest absolute Gasteiger partial charge is 0.418 e. The van der Waals surface area contributed by atoms with Crippen molar-refractivity contribution in [2.75, 3.05) is 23.8 Å². The number of benzene rings is 2. The maximum atomic E-state index is 13.6. The van der Waals surface area contributed by atoms with Gasteiger partial charge in [0.05, 0.1) is 22.8 Å². The molecule has 1 heterocycles. The van der Waals surface area contributed by atoms with E-state index >= 15 is 0 Å². The van der Waals surface area contributed by atoms with Gasteiger partial charge in [-0.15, -0.1) is 10.2 Å². The highest BCUT2D eigenvalue weighted by atomic mass is 79.9. The number of anilines is 1. The van der Waals surface area contributed by atoms with Crippen molar-refractivity contribution in [3.63, 3.8) is 0 Å². The molecule has 0 unspecified atom stereocenters. The van der Waals surface area contributed by atoms with Crippen LogP contribution in [0.2, 0.25) is 0 Å². The zero-order valence-electron chi connectivity index (χ0n) is 18.1. The van der Waals surface area contributed by atoms with E-state index in [1.54, 1.807) is 37.3 Å². The van der Waals surface area contributed by atoms with Crippen LogP contribution in [0.5, 0.6) is 0 Å². The first kappa shape index (κ1) is 26.3. The highest BCUT2D eigenvalue weighted by Crippen LogP contribution is 2.47. The fourth-order valence-corrected chi connectivity index (χ4v) is 4.35. The molecular weight excluding hydrogens is 553 g/mol. The quantitative estimate of drug-likeness (QED) is 0.0930. The topological polar surface area (TPSA) is 106 Å². The van der Waals surface area contributed by atoms with Crippen molar-refractivity contribution in [1.82, 2.24) is 0 Å². The minimum Gasteiger partial charge on any atom is -0.462 e. The number of azo groups is 1. The minimum absolute atomic E-state index is 0.120. The summed E-state index contributed by atoms with van der Waals surface area (Å²) in [5.41, 5.74) is -1.47. The van der Waals surface area contributed by atoms with E-state index in [-0.39, 0.29) is 17.2 Å². The molecule has 0 fully saturated rings. The second-order valence-corrected chi connectivity index (χ2v) is 8.64. The molecule has 13 heteroatoms. The third-order valence-corrected chi connectivity index (χ3v) is 5.98. The fraction of sp³-hybridized carbons (Fsp3) is 0.227. The molecule has 8 nitrogen and oxygen atoms in total. The number of nitrogens with one attached hydrogen (secondary N) is 1. The van der Waals surface area contributed by atoms with Crippen LogP contribution in [0.15, 0.2) is 58.8 Å². The van der Waals surface area contributed by atoms with Gasteiger partial charge in [0.1, 0.15) is 15.6 Å². The van der Waals surface area contributed by atoms with Crippen molar-refractivity contribution < 1.29 is 27.6 Å². The lowest BCUT2D eigenvalue weighted by molar-refractivity contribution is -0.385. The number of non-ortho nitro benzene ring substituents is 1.